The third kappa shape index (κ3) is 4.45. The molecule has 0 bridgehead atoms. The summed E-state index contributed by atoms with van der Waals surface area (Å²) < 4.78 is 10.2. The van der Waals surface area contributed by atoms with Gasteiger partial charge in [0.05, 0.1) is 34.8 Å². The standard InChI is InChI=1S/C19H22Cl2O6/c1-4-26-17(23)15-13(22)9-19(3,25)16(18(24)27-5-2)14(15)10-6-7-11(20)12(21)8-10/h6-8,14-16,25H,4-5,9H2,1-3H3. The Morgan fingerprint density at radius 1 is 1.15 bits per heavy atom. The second-order valence-corrected chi connectivity index (χ2v) is 7.47. The number of hydrogen-bond donors (Lipinski definition) is 1. The fourth-order valence-electron chi connectivity index (χ4n) is 3.60. The number of halogens is 2. The van der Waals surface area contributed by atoms with Crippen molar-refractivity contribution in [2.45, 2.75) is 38.7 Å². The smallest absolute Gasteiger partial charge is 0.317 e. The molecule has 0 amide bonds. The molecule has 4 atom stereocenters. The SMILES string of the molecule is CCOC(=O)C1C(=O)CC(C)(O)C(C(=O)OCC)C1c1ccc(Cl)c(Cl)c1. The quantitative estimate of drug-likeness (QED) is 0.585. The van der Waals surface area contributed by atoms with Gasteiger partial charge in [0.1, 0.15) is 5.92 Å². The topological polar surface area (TPSA) is 89.9 Å². The zero-order valence-electron chi connectivity index (χ0n) is 15.3. The first-order valence-corrected chi connectivity index (χ1v) is 9.42. The molecule has 0 heterocycles. The first kappa shape index (κ1) is 21.7. The predicted octanol–water partition coefficient (Wildman–Crippen LogP) is 3.16. The number of aliphatic hydroxyl groups is 1. The molecule has 2 rings (SSSR count). The summed E-state index contributed by atoms with van der Waals surface area (Å²) >= 11 is 12.1. The Balaban J connectivity index is 2.64. The molecule has 1 aromatic rings. The number of rotatable bonds is 5. The number of ketones is 1. The molecule has 1 saturated carbocycles. The lowest BCUT2D eigenvalue weighted by Crippen LogP contribution is -2.55. The van der Waals surface area contributed by atoms with Crippen LogP contribution in [-0.2, 0) is 23.9 Å². The van der Waals surface area contributed by atoms with Crippen LogP contribution < -0.4 is 0 Å². The second kappa shape index (κ2) is 8.59. The maximum atomic E-state index is 12.7. The van der Waals surface area contributed by atoms with Gasteiger partial charge >= 0.3 is 11.9 Å². The summed E-state index contributed by atoms with van der Waals surface area (Å²) in [7, 11) is 0. The minimum Gasteiger partial charge on any atom is -0.466 e. The summed E-state index contributed by atoms with van der Waals surface area (Å²) in [6, 6.07) is 4.57. The van der Waals surface area contributed by atoms with Crippen LogP contribution >= 0.6 is 23.2 Å². The molecular formula is C19H22Cl2O6. The Hall–Kier alpha value is -1.63. The molecule has 0 radical (unpaired) electrons. The summed E-state index contributed by atoms with van der Waals surface area (Å²) in [5.41, 5.74) is -1.27. The van der Waals surface area contributed by atoms with E-state index in [2.05, 4.69) is 0 Å². The van der Waals surface area contributed by atoms with Crippen LogP contribution in [0.1, 0.15) is 38.7 Å². The van der Waals surface area contributed by atoms with Crippen molar-refractivity contribution in [3.8, 4) is 0 Å². The Morgan fingerprint density at radius 2 is 1.74 bits per heavy atom. The first-order chi connectivity index (χ1) is 12.6. The molecule has 1 N–H and O–H groups in total. The monoisotopic (exact) mass is 416 g/mol. The maximum absolute atomic E-state index is 12.7. The van der Waals surface area contributed by atoms with Crippen molar-refractivity contribution in [1.82, 2.24) is 0 Å². The van der Waals surface area contributed by atoms with Gasteiger partial charge in [-0.2, -0.15) is 0 Å². The van der Waals surface area contributed by atoms with Gasteiger partial charge in [-0.15, -0.1) is 0 Å². The molecule has 0 spiro atoms. The van der Waals surface area contributed by atoms with E-state index in [1.54, 1.807) is 19.9 Å². The third-order valence-electron chi connectivity index (χ3n) is 4.68. The maximum Gasteiger partial charge on any atom is 0.317 e. The van der Waals surface area contributed by atoms with Crippen LogP contribution in [0.3, 0.4) is 0 Å². The van der Waals surface area contributed by atoms with Gasteiger partial charge in [-0.3, -0.25) is 14.4 Å². The second-order valence-electron chi connectivity index (χ2n) is 6.66. The molecule has 148 valence electrons. The molecule has 0 aromatic heterocycles. The lowest BCUT2D eigenvalue weighted by atomic mass is 9.62. The van der Waals surface area contributed by atoms with E-state index in [0.29, 0.717) is 5.56 Å². The van der Waals surface area contributed by atoms with E-state index in [1.807, 2.05) is 0 Å². The Bertz CT molecular complexity index is 746. The van der Waals surface area contributed by atoms with Crippen molar-refractivity contribution in [2.24, 2.45) is 11.8 Å². The minimum absolute atomic E-state index is 0.0805. The predicted molar refractivity (Wildman–Crippen MR) is 99.7 cm³/mol. The van der Waals surface area contributed by atoms with Crippen molar-refractivity contribution < 1.29 is 29.0 Å². The van der Waals surface area contributed by atoms with Gasteiger partial charge in [-0.25, -0.2) is 0 Å². The van der Waals surface area contributed by atoms with Crippen LogP contribution in [0.5, 0.6) is 0 Å². The lowest BCUT2D eigenvalue weighted by Gasteiger charge is -2.43. The van der Waals surface area contributed by atoms with Crippen molar-refractivity contribution in [3.63, 3.8) is 0 Å². The first-order valence-electron chi connectivity index (χ1n) is 8.67. The molecule has 0 aliphatic heterocycles. The van der Waals surface area contributed by atoms with Crippen molar-refractivity contribution in [1.29, 1.82) is 0 Å². The van der Waals surface area contributed by atoms with Crippen LogP contribution in [0.25, 0.3) is 0 Å². The molecular weight excluding hydrogens is 395 g/mol. The summed E-state index contributed by atoms with van der Waals surface area (Å²) in [4.78, 5) is 37.9. The van der Waals surface area contributed by atoms with Crippen LogP contribution in [0.15, 0.2) is 18.2 Å². The molecule has 1 aromatic carbocycles. The van der Waals surface area contributed by atoms with Crippen molar-refractivity contribution >= 4 is 40.9 Å². The largest absolute Gasteiger partial charge is 0.466 e. The highest BCUT2D eigenvalue weighted by atomic mass is 35.5. The molecule has 6 nitrogen and oxygen atoms in total. The number of benzene rings is 1. The summed E-state index contributed by atoms with van der Waals surface area (Å²) in [5.74, 6) is -5.34. The minimum atomic E-state index is -1.69. The van der Waals surface area contributed by atoms with E-state index < -0.39 is 41.1 Å². The number of ether oxygens (including phenoxy) is 2. The average molecular weight is 417 g/mol. The number of esters is 2. The van der Waals surface area contributed by atoms with Gasteiger partial charge in [0.25, 0.3) is 0 Å². The number of Topliss-reactive ketones (excluding diaryl/α,β-unsaturated/α-hetero) is 1. The number of carbonyl (C=O) groups excluding carboxylic acids is 3. The van der Waals surface area contributed by atoms with Crippen LogP contribution in [0.4, 0.5) is 0 Å². The molecule has 0 saturated heterocycles. The van der Waals surface area contributed by atoms with Crippen molar-refractivity contribution in [3.05, 3.63) is 33.8 Å². The van der Waals surface area contributed by atoms with E-state index in [-0.39, 0.29) is 29.7 Å². The van der Waals surface area contributed by atoms with E-state index in [0.717, 1.165) is 0 Å². The molecule has 8 heteroatoms. The van der Waals surface area contributed by atoms with E-state index in [9.17, 15) is 19.5 Å². The van der Waals surface area contributed by atoms with E-state index in [4.69, 9.17) is 32.7 Å². The Morgan fingerprint density at radius 3 is 2.30 bits per heavy atom. The van der Waals surface area contributed by atoms with Crippen molar-refractivity contribution in [2.75, 3.05) is 13.2 Å². The number of carbonyl (C=O) groups is 3. The van der Waals surface area contributed by atoms with Gasteiger partial charge in [0, 0.05) is 12.3 Å². The van der Waals surface area contributed by atoms with E-state index >= 15 is 0 Å². The fraction of sp³-hybridized carbons (Fsp3) is 0.526. The zero-order chi connectivity index (χ0) is 20.4. The van der Waals surface area contributed by atoms with Gasteiger partial charge in [-0.1, -0.05) is 29.3 Å². The highest BCUT2D eigenvalue weighted by Crippen LogP contribution is 2.47. The Kier molecular flexibility index (Phi) is 6.89. The average Bonchev–Trinajstić information content (AvgIpc) is 2.56. The van der Waals surface area contributed by atoms with Gasteiger partial charge in [-0.05, 0) is 38.5 Å². The summed E-state index contributed by atoms with van der Waals surface area (Å²) in [5, 5.41) is 11.3. The molecule has 1 aliphatic carbocycles. The molecule has 1 aliphatic rings. The molecule has 1 fully saturated rings. The number of hydrogen-bond acceptors (Lipinski definition) is 6. The summed E-state index contributed by atoms with van der Waals surface area (Å²) in [6.07, 6.45) is -0.363. The Labute approximate surface area is 167 Å². The normalized spacial score (nSPS) is 27.9. The fourth-order valence-corrected chi connectivity index (χ4v) is 3.91. The van der Waals surface area contributed by atoms with Gasteiger partial charge in [0.15, 0.2) is 5.78 Å². The van der Waals surface area contributed by atoms with Crippen LogP contribution in [0.2, 0.25) is 10.0 Å². The third-order valence-corrected chi connectivity index (χ3v) is 5.42. The highest BCUT2D eigenvalue weighted by molar-refractivity contribution is 6.42. The molecule has 27 heavy (non-hydrogen) atoms. The van der Waals surface area contributed by atoms with Crippen LogP contribution in [0, 0.1) is 11.8 Å². The van der Waals surface area contributed by atoms with Crippen LogP contribution in [-0.4, -0.2) is 41.6 Å². The lowest BCUT2D eigenvalue weighted by molar-refractivity contribution is -0.172. The summed E-state index contributed by atoms with van der Waals surface area (Å²) in [6.45, 7) is 4.82. The van der Waals surface area contributed by atoms with Gasteiger partial charge < -0.3 is 14.6 Å². The van der Waals surface area contributed by atoms with E-state index in [1.165, 1.54) is 19.1 Å². The highest BCUT2D eigenvalue weighted by Gasteiger charge is 2.57. The van der Waals surface area contributed by atoms with Gasteiger partial charge in [0.2, 0.25) is 0 Å². The molecule has 4 unspecified atom stereocenters. The zero-order valence-corrected chi connectivity index (χ0v) is 16.8.